The zero-order chi connectivity index (χ0) is 22.3. The van der Waals surface area contributed by atoms with Crippen LogP contribution in [0.1, 0.15) is 41.0 Å². The maximum Gasteiger partial charge on any atom is 0.271 e. The monoisotopic (exact) mass is 427 g/mol. The molecule has 3 heterocycles. The fraction of sp³-hybridized carbons (Fsp3) is 0.269. The van der Waals surface area contributed by atoms with Gasteiger partial charge in [-0.15, -0.1) is 0 Å². The number of fused-ring (bicyclic) bond motifs is 2. The summed E-state index contributed by atoms with van der Waals surface area (Å²) in [6.45, 7) is 5.09. The molecule has 2 aromatic carbocycles. The van der Waals surface area contributed by atoms with Crippen molar-refractivity contribution in [1.29, 1.82) is 0 Å². The third-order valence-electron chi connectivity index (χ3n) is 6.09. The minimum atomic E-state index is -0.996. The molecule has 2 aliphatic heterocycles. The van der Waals surface area contributed by atoms with Gasteiger partial charge in [0.05, 0.1) is 17.9 Å². The molecule has 0 aliphatic carbocycles. The number of benzene rings is 2. The molecule has 6 nitrogen and oxygen atoms in total. The predicted molar refractivity (Wildman–Crippen MR) is 121 cm³/mol. The minimum absolute atomic E-state index is 0.0441. The number of rotatable bonds is 3. The van der Waals surface area contributed by atoms with Gasteiger partial charge < -0.3 is 9.64 Å². The average Bonchev–Trinajstić information content (AvgIpc) is 2.81. The summed E-state index contributed by atoms with van der Waals surface area (Å²) in [5.74, 6) is 0.385. The Kier molecular flexibility index (Phi) is 4.93. The first kappa shape index (κ1) is 20.2. The van der Waals surface area contributed by atoms with E-state index in [1.54, 1.807) is 43.1 Å². The van der Waals surface area contributed by atoms with Crippen LogP contribution in [0, 0.1) is 0 Å². The molecule has 2 aliphatic rings. The van der Waals surface area contributed by atoms with E-state index in [1.165, 1.54) is 11.1 Å². The Morgan fingerprint density at radius 2 is 1.84 bits per heavy atom. The summed E-state index contributed by atoms with van der Waals surface area (Å²) in [6, 6.07) is 19.2. The Balaban J connectivity index is 1.47. The van der Waals surface area contributed by atoms with Gasteiger partial charge in [0, 0.05) is 24.8 Å². The Morgan fingerprint density at radius 3 is 2.62 bits per heavy atom. The number of anilines is 1. The van der Waals surface area contributed by atoms with Crippen molar-refractivity contribution < 1.29 is 14.3 Å². The lowest BCUT2D eigenvalue weighted by Gasteiger charge is -2.39. The van der Waals surface area contributed by atoms with Gasteiger partial charge >= 0.3 is 0 Å². The molecule has 0 spiro atoms. The van der Waals surface area contributed by atoms with Gasteiger partial charge in [-0.2, -0.15) is 0 Å². The Labute approximate surface area is 187 Å². The van der Waals surface area contributed by atoms with Crippen LogP contribution in [0.25, 0.3) is 0 Å². The summed E-state index contributed by atoms with van der Waals surface area (Å²) in [5, 5.41) is 0. The van der Waals surface area contributed by atoms with Crippen molar-refractivity contribution in [2.24, 2.45) is 0 Å². The molecule has 1 aromatic heterocycles. The lowest BCUT2D eigenvalue weighted by Crippen LogP contribution is -2.52. The van der Waals surface area contributed by atoms with E-state index in [2.05, 4.69) is 17.1 Å². The fourth-order valence-corrected chi connectivity index (χ4v) is 4.36. The second-order valence-electron chi connectivity index (χ2n) is 8.75. The topological polar surface area (TPSA) is 62.7 Å². The maximum atomic E-state index is 13.3. The number of ether oxygens (including phenoxy) is 1. The van der Waals surface area contributed by atoms with Crippen molar-refractivity contribution in [3.8, 4) is 5.75 Å². The lowest BCUT2D eigenvalue weighted by atomic mass is 9.98. The van der Waals surface area contributed by atoms with Gasteiger partial charge in [-0.05, 0) is 61.7 Å². The van der Waals surface area contributed by atoms with E-state index >= 15 is 0 Å². The molecule has 0 N–H and O–H groups in total. The molecule has 0 saturated heterocycles. The highest BCUT2D eigenvalue weighted by atomic mass is 16.5. The molecule has 6 heteroatoms. The molecule has 162 valence electrons. The van der Waals surface area contributed by atoms with Crippen molar-refractivity contribution in [1.82, 2.24) is 9.88 Å². The number of pyridine rings is 1. The second-order valence-corrected chi connectivity index (χ2v) is 8.75. The second kappa shape index (κ2) is 7.79. The molecule has 2 amide bonds. The first-order chi connectivity index (χ1) is 15.4. The van der Waals surface area contributed by atoms with Gasteiger partial charge in [0.25, 0.3) is 11.8 Å². The van der Waals surface area contributed by atoms with Crippen LogP contribution in [0.15, 0.2) is 66.9 Å². The SMILES string of the molecule is CC1(C)Oc2ccc(C(=O)N3CCc4ccccc4C3)cc2N(Cc2ccccn2)C1=O. The summed E-state index contributed by atoms with van der Waals surface area (Å²) in [6.07, 6.45) is 2.55. The van der Waals surface area contributed by atoms with E-state index in [0.29, 0.717) is 36.6 Å². The van der Waals surface area contributed by atoms with Gasteiger partial charge in [-0.25, -0.2) is 0 Å². The number of carbonyl (C=O) groups is 2. The van der Waals surface area contributed by atoms with Crippen molar-refractivity contribution >= 4 is 17.5 Å². The van der Waals surface area contributed by atoms with Crippen LogP contribution in [0.4, 0.5) is 5.69 Å². The van der Waals surface area contributed by atoms with E-state index in [4.69, 9.17) is 4.74 Å². The van der Waals surface area contributed by atoms with E-state index in [1.807, 2.05) is 35.2 Å². The average molecular weight is 428 g/mol. The Hall–Kier alpha value is -3.67. The molecule has 32 heavy (non-hydrogen) atoms. The van der Waals surface area contributed by atoms with Crippen molar-refractivity contribution in [2.45, 2.75) is 39.0 Å². The van der Waals surface area contributed by atoms with Crippen LogP contribution >= 0.6 is 0 Å². The van der Waals surface area contributed by atoms with Gasteiger partial charge in [0.15, 0.2) is 5.60 Å². The van der Waals surface area contributed by atoms with Crippen LogP contribution in [-0.2, 0) is 24.3 Å². The number of hydrogen-bond donors (Lipinski definition) is 0. The number of nitrogens with zero attached hydrogens (tertiary/aromatic N) is 3. The number of aromatic nitrogens is 1. The first-order valence-electron chi connectivity index (χ1n) is 10.8. The highest BCUT2D eigenvalue weighted by Crippen LogP contribution is 2.39. The Morgan fingerprint density at radius 1 is 1.06 bits per heavy atom. The molecule has 0 bridgehead atoms. The number of hydrogen-bond acceptors (Lipinski definition) is 4. The lowest BCUT2D eigenvalue weighted by molar-refractivity contribution is -0.132. The van der Waals surface area contributed by atoms with Crippen LogP contribution in [0.2, 0.25) is 0 Å². The third-order valence-corrected chi connectivity index (χ3v) is 6.09. The van der Waals surface area contributed by atoms with E-state index in [9.17, 15) is 9.59 Å². The van der Waals surface area contributed by atoms with E-state index in [0.717, 1.165) is 12.1 Å². The molecule has 0 radical (unpaired) electrons. The van der Waals surface area contributed by atoms with Gasteiger partial charge in [-0.3, -0.25) is 19.5 Å². The minimum Gasteiger partial charge on any atom is -0.476 e. The summed E-state index contributed by atoms with van der Waals surface area (Å²) in [7, 11) is 0. The summed E-state index contributed by atoms with van der Waals surface area (Å²) >= 11 is 0. The molecular weight excluding hydrogens is 402 g/mol. The standard InChI is InChI=1S/C26H25N3O3/c1-26(2)25(31)29(17-21-9-5-6-13-27-21)22-15-19(10-11-23(22)32-26)24(30)28-14-12-18-7-3-4-8-20(18)16-28/h3-11,13,15H,12,14,16-17H2,1-2H3. The number of amides is 2. The number of carbonyl (C=O) groups excluding carboxylic acids is 2. The zero-order valence-electron chi connectivity index (χ0n) is 18.2. The molecule has 5 rings (SSSR count). The van der Waals surface area contributed by atoms with Crippen molar-refractivity contribution in [2.75, 3.05) is 11.4 Å². The van der Waals surface area contributed by atoms with Gasteiger partial charge in [0.1, 0.15) is 5.75 Å². The van der Waals surface area contributed by atoms with Crippen LogP contribution in [-0.4, -0.2) is 33.8 Å². The maximum absolute atomic E-state index is 13.3. The Bertz CT molecular complexity index is 1190. The first-order valence-corrected chi connectivity index (χ1v) is 10.8. The highest BCUT2D eigenvalue weighted by Gasteiger charge is 2.41. The molecular formula is C26H25N3O3. The molecule has 0 unspecified atom stereocenters. The largest absolute Gasteiger partial charge is 0.476 e. The predicted octanol–water partition coefficient (Wildman–Crippen LogP) is 3.98. The van der Waals surface area contributed by atoms with Crippen molar-refractivity contribution in [3.63, 3.8) is 0 Å². The molecule has 0 saturated carbocycles. The van der Waals surface area contributed by atoms with Crippen LogP contribution < -0.4 is 9.64 Å². The van der Waals surface area contributed by atoms with Gasteiger partial charge in [-0.1, -0.05) is 30.3 Å². The van der Waals surface area contributed by atoms with E-state index in [-0.39, 0.29) is 11.8 Å². The molecule has 0 atom stereocenters. The summed E-state index contributed by atoms with van der Waals surface area (Å²) in [4.78, 5) is 34.5. The van der Waals surface area contributed by atoms with Gasteiger partial charge in [0.2, 0.25) is 0 Å². The zero-order valence-corrected chi connectivity index (χ0v) is 18.2. The quantitative estimate of drug-likeness (QED) is 0.634. The van der Waals surface area contributed by atoms with Crippen LogP contribution in [0.3, 0.4) is 0 Å². The molecule has 0 fully saturated rings. The fourth-order valence-electron chi connectivity index (χ4n) is 4.36. The summed E-state index contributed by atoms with van der Waals surface area (Å²) in [5.41, 5.74) is 3.40. The molecule has 3 aromatic rings. The third kappa shape index (κ3) is 3.62. The summed E-state index contributed by atoms with van der Waals surface area (Å²) < 4.78 is 5.99. The highest BCUT2D eigenvalue weighted by molar-refractivity contribution is 6.04. The van der Waals surface area contributed by atoms with Crippen molar-refractivity contribution in [3.05, 3.63) is 89.2 Å². The smallest absolute Gasteiger partial charge is 0.271 e. The van der Waals surface area contributed by atoms with E-state index < -0.39 is 5.60 Å². The normalized spacial score (nSPS) is 16.8. The van der Waals surface area contributed by atoms with Crippen LogP contribution in [0.5, 0.6) is 5.75 Å².